The Morgan fingerprint density at radius 1 is 1.24 bits per heavy atom. The van der Waals surface area contributed by atoms with E-state index in [0.717, 1.165) is 18.5 Å². The van der Waals surface area contributed by atoms with Crippen molar-refractivity contribution in [1.82, 2.24) is 4.90 Å². The van der Waals surface area contributed by atoms with E-state index in [1.54, 1.807) is 0 Å². The Labute approximate surface area is 127 Å². The minimum atomic E-state index is 0.00284. The molecule has 116 valence electrons. The summed E-state index contributed by atoms with van der Waals surface area (Å²) in [6.07, 6.45) is 5.89. The second-order valence-electron chi connectivity index (χ2n) is 6.26. The fraction of sp³-hybridized carbons (Fsp3) is 0.588. The van der Waals surface area contributed by atoms with Crippen molar-refractivity contribution < 1.29 is 4.79 Å². The number of hydrogen-bond donors (Lipinski definition) is 2. The normalized spacial score (nSPS) is 17.7. The molecular formula is C17H27N3O. The molecule has 0 saturated heterocycles. The van der Waals surface area contributed by atoms with Crippen LogP contribution in [0.15, 0.2) is 24.3 Å². The Bertz CT molecular complexity index is 463. The van der Waals surface area contributed by atoms with Crippen molar-refractivity contribution >= 4 is 11.6 Å². The molecule has 0 radical (unpaired) electrons. The highest BCUT2D eigenvalue weighted by atomic mass is 16.2. The summed E-state index contributed by atoms with van der Waals surface area (Å²) < 4.78 is 0. The van der Waals surface area contributed by atoms with Gasteiger partial charge in [-0.1, -0.05) is 37.0 Å². The van der Waals surface area contributed by atoms with Gasteiger partial charge in [-0.2, -0.15) is 0 Å². The SMILES string of the molecule is Cc1ccc(NC(=O)CN(C)C2(CN)CCCCC2)cc1. The van der Waals surface area contributed by atoms with Crippen LogP contribution in [0.2, 0.25) is 0 Å². The van der Waals surface area contributed by atoms with E-state index in [1.807, 2.05) is 38.2 Å². The van der Waals surface area contributed by atoms with Gasteiger partial charge in [0.1, 0.15) is 0 Å². The van der Waals surface area contributed by atoms with Crippen LogP contribution in [0.5, 0.6) is 0 Å². The van der Waals surface area contributed by atoms with Crippen LogP contribution < -0.4 is 11.1 Å². The van der Waals surface area contributed by atoms with Gasteiger partial charge in [-0.3, -0.25) is 9.69 Å². The van der Waals surface area contributed by atoms with Gasteiger partial charge in [-0.05, 0) is 38.9 Å². The average molecular weight is 289 g/mol. The Morgan fingerprint density at radius 2 is 1.86 bits per heavy atom. The van der Waals surface area contributed by atoms with Crippen LogP contribution in [0.25, 0.3) is 0 Å². The summed E-state index contributed by atoms with van der Waals surface area (Å²) in [6.45, 7) is 3.06. The number of hydrogen-bond acceptors (Lipinski definition) is 3. The molecule has 0 unspecified atom stereocenters. The molecule has 1 aliphatic carbocycles. The smallest absolute Gasteiger partial charge is 0.238 e. The molecule has 1 aromatic rings. The van der Waals surface area contributed by atoms with Crippen molar-refractivity contribution in [3.8, 4) is 0 Å². The first kappa shape index (κ1) is 16.0. The summed E-state index contributed by atoms with van der Waals surface area (Å²) in [5.74, 6) is 0.0275. The van der Waals surface area contributed by atoms with Crippen molar-refractivity contribution in [1.29, 1.82) is 0 Å². The summed E-state index contributed by atoms with van der Waals surface area (Å²) >= 11 is 0. The van der Waals surface area contributed by atoms with E-state index in [9.17, 15) is 4.79 Å². The molecule has 0 bridgehead atoms. The molecule has 21 heavy (non-hydrogen) atoms. The van der Waals surface area contributed by atoms with Gasteiger partial charge < -0.3 is 11.1 Å². The minimum absolute atomic E-state index is 0.00284. The van der Waals surface area contributed by atoms with Crippen molar-refractivity contribution in [2.75, 3.05) is 25.5 Å². The number of carbonyl (C=O) groups excluding carboxylic acids is 1. The summed E-state index contributed by atoms with van der Waals surface area (Å²) in [4.78, 5) is 14.4. The molecule has 0 spiro atoms. The maximum atomic E-state index is 12.2. The first-order valence-corrected chi connectivity index (χ1v) is 7.84. The van der Waals surface area contributed by atoms with Gasteiger partial charge in [-0.25, -0.2) is 0 Å². The second-order valence-corrected chi connectivity index (χ2v) is 6.26. The van der Waals surface area contributed by atoms with E-state index in [4.69, 9.17) is 5.73 Å². The van der Waals surface area contributed by atoms with Crippen LogP contribution in [-0.4, -0.2) is 36.5 Å². The van der Waals surface area contributed by atoms with Gasteiger partial charge >= 0.3 is 0 Å². The van der Waals surface area contributed by atoms with Gasteiger partial charge in [0.05, 0.1) is 6.54 Å². The van der Waals surface area contributed by atoms with Gasteiger partial charge in [-0.15, -0.1) is 0 Å². The monoisotopic (exact) mass is 289 g/mol. The molecule has 1 amide bonds. The van der Waals surface area contributed by atoms with E-state index in [0.29, 0.717) is 13.1 Å². The van der Waals surface area contributed by atoms with E-state index >= 15 is 0 Å². The number of aryl methyl sites for hydroxylation is 1. The van der Waals surface area contributed by atoms with Gasteiger partial charge in [0.2, 0.25) is 5.91 Å². The molecule has 1 saturated carbocycles. The Morgan fingerprint density at radius 3 is 2.43 bits per heavy atom. The molecule has 0 atom stereocenters. The number of nitrogens with zero attached hydrogens (tertiary/aromatic N) is 1. The lowest BCUT2D eigenvalue weighted by atomic mass is 9.80. The molecule has 4 heteroatoms. The summed E-state index contributed by atoms with van der Waals surface area (Å²) in [6, 6.07) is 7.88. The number of rotatable bonds is 5. The average Bonchev–Trinajstić information content (AvgIpc) is 2.50. The maximum absolute atomic E-state index is 12.2. The number of nitrogens with one attached hydrogen (secondary N) is 1. The fourth-order valence-corrected chi connectivity index (χ4v) is 3.17. The Hall–Kier alpha value is -1.39. The van der Waals surface area contributed by atoms with Crippen molar-refractivity contribution in [2.45, 2.75) is 44.6 Å². The van der Waals surface area contributed by atoms with Gasteiger partial charge in [0, 0.05) is 17.8 Å². The summed E-state index contributed by atoms with van der Waals surface area (Å²) in [5.41, 5.74) is 8.05. The minimum Gasteiger partial charge on any atom is -0.329 e. The third kappa shape index (κ3) is 4.05. The number of nitrogens with two attached hydrogens (primary N) is 1. The zero-order chi connectivity index (χ0) is 15.3. The lowest BCUT2D eigenvalue weighted by Crippen LogP contribution is -2.55. The predicted octanol–water partition coefficient (Wildman–Crippen LogP) is 2.53. The summed E-state index contributed by atoms with van der Waals surface area (Å²) in [5, 5.41) is 2.96. The third-order valence-corrected chi connectivity index (χ3v) is 4.69. The topological polar surface area (TPSA) is 58.4 Å². The van der Waals surface area contributed by atoms with Crippen LogP contribution in [0.1, 0.15) is 37.7 Å². The van der Waals surface area contributed by atoms with Crippen molar-refractivity contribution in [3.05, 3.63) is 29.8 Å². The lowest BCUT2D eigenvalue weighted by molar-refractivity contribution is -0.118. The molecule has 0 heterocycles. The molecule has 0 aliphatic heterocycles. The molecule has 1 aromatic carbocycles. The molecule has 1 fully saturated rings. The number of benzene rings is 1. The zero-order valence-electron chi connectivity index (χ0n) is 13.2. The Balaban J connectivity index is 1.93. The predicted molar refractivity (Wildman–Crippen MR) is 87.3 cm³/mol. The first-order chi connectivity index (χ1) is 10.1. The van der Waals surface area contributed by atoms with Gasteiger partial charge in [0.25, 0.3) is 0 Å². The maximum Gasteiger partial charge on any atom is 0.238 e. The van der Waals surface area contributed by atoms with Crippen LogP contribution in [0.4, 0.5) is 5.69 Å². The molecule has 2 rings (SSSR count). The second kappa shape index (κ2) is 7.05. The zero-order valence-corrected chi connectivity index (χ0v) is 13.2. The van der Waals surface area contributed by atoms with Gasteiger partial charge in [0.15, 0.2) is 0 Å². The number of likely N-dealkylation sites (N-methyl/N-ethyl adjacent to an activating group) is 1. The van der Waals surface area contributed by atoms with Crippen LogP contribution in [0.3, 0.4) is 0 Å². The summed E-state index contributed by atoms with van der Waals surface area (Å²) in [7, 11) is 2.02. The van der Waals surface area contributed by atoms with Crippen molar-refractivity contribution in [3.63, 3.8) is 0 Å². The standard InChI is InChI=1S/C17H27N3O/c1-14-6-8-15(9-7-14)19-16(21)12-20(2)17(13-18)10-4-3-5-11-17/h6-9H,3-5,10-13,18H2,1-2H3,(H,19,21). The lowest BCUT2D eigenvalue weighted by Gasteiger charge is -2.43. The third-order valence-electron chi connectivity index (χ3n) is 4.69. The van der Waals surface area contributed by atoms with E-state index in [-0.39, 0.29) is 11.4 Å². The van der Waals surface area contributed by atoms with E-state index in [1.165, 1.54) is 24.8 Å². The molecule has 0 aromatic heterocycles. The molecule has 3 N–H and O–H groups in total. The van der Waals surface area contributed by atoms with Crippen LogP contribution >= 0.6 is 0 Å². The Kier molecular flexibility index (Phi) is 5.37. The van der Waals surface area contributed by atoms with Crippen LogP contribution in [-0.2, 0) is 4.79 Å². The van der Waals surface area contributed by atoms with Crippen molar-refractivity contribution in [2.24, 2.45) is 5.73 Å². The number of carbonyl (C=O) groups is 1. The molecular weight excluding hydrogens is 262 g/mol. The number of anilines is 1. The quantitative estimate of drug-likeness (QED) is 0.875. The van der Waals surface area contributed by atoms with Crippen LogP contribution in [0, 0.1) is 6.92 Å². The van der Waals surface area contributed by atoms with E-state index in [2.05, 4.69) is 10.2 Å². The van der Waals surface area contributed by atoms with E-state index < -0.39 is 0 Å². The highest BCUT2D eigenvalue weighted by molar-refractivity contribution is 5.92. The highest BCUT2D eigenvalue weighted by Gasteiger charge is 2.35. The first-order valence-electron chi connectivity index (χ1n) is 7.84. The molecule has 4 nitrogen and oxygen atoms in total. The highest BCUT2D eigenvalue weighted by Crippen LogP contribution is 2.31. The molecule has 1 aliphatic rings. The largest absolute Gasteiger partial charge is 0.329 e. The number of amides is 1. The fourth-order valence-electron chi connectivity index (χ4n) is 3.17.